The molecule has 160 valence electrons. The van der Waals surface area contributed by atoms with Gasteiger partial charge in [0.15, 0.2) is 0 Å². The first-order chi connectivity index (χ1) is 14.7. The number of alkyl halides is 3. The van der Waals surface area contributed by atoms with Crippen molar-refractivity contribution in [3.8, 4) is 5.75 Å². The number of hydrazone groups is 1. The summed E-state index contributed by atoms with van der Waals surface area (Å²) in [4.78, 5) is 12.0. The number of hydrogen-bond donors (Lipinski definition) is 1. The first-order valence-corrected chi connectivity index (χ1v) is 9.69. The second-order valence-corrected chi connectivity index (χ2v) is 7.24. The topological polar surface area (TPSA) is 50.7 Å². The summed E-state index contributed by atoms with van der Waals surface area (Å²) in [5, 5.41) is 3.77. The zero-order chi connectivity index (χ0) is 22.4. The minimum Gasteiger partial charge on any atom is -0.488 e. The molecule has 0 aliphatic heterocycles. The van der Waals surface area contributed by atoms with Crippen molar-refractivity contribution < 1.29 is 27.1 Å². The van der Waals surface area contributed by atoms with Gasteiger partial charge in [0.25, 0.3) is 5.91 Å². The van der Waals surface area contributed by atoms with Gasteiger partial charge in [-0.2, -0.15) is 18.3 Å². The highest BCUT2D eigenvalue weighted by Gasteiger charge is 2.30. The van der Waals surface area contributed by atoms with Crippen molar-refractivity contribution in [3.05, 3.63) is 99.3 Å². The van der Waals surface area contributed by atoms with Gasteiger partial charge in [-0.3, -0.25) is 4.79 Å². The SMILES string of the molecule is O=C(N/N=C\c1ccc(OCc2cccc(F)c2)c(Br)c1)c1cccc(C(F)(F)F)c1. The fourth-order valence-electron chi connectivity index (χ4n) is 2.57. The molecule has 0 aromatic heterocycles. The second kappa shape index (κ2) is 9.74. The zero-order valence-corrected chi connectivity index (χ0v) is 17.4. The van der Waals surface area contributed by atoms with Gasteiger partial charge >= 0.3 is 6.18 Å². The van der Waals surface area contributed by atoms with E-state index in [9.17, 15) is 22.4 Å². The highest BCUT2D eigenvalue weighted by atomic mass is 79.9. The minimum absolute atomic E-state index is 0.158. The summed E-state index contributed by atoms with van der Waals surface area (Å²) in [5.41, 5.74) is 2.40. The number of carbonyl (C=O) groups excluding carboxylic acids is 1. The number of ether oxygens (including phenoxy) is 1. The van der Waals surface area contributed by atoms with Crippen LogP contribution in [-0.4, -0.2) is 12.1 Å². The average Bonchev–Trinajstić information content (AvgIpc) is 2.72. The molecule has 0 radical (unpaired) electrons. The Hall–Kier alpha value is -3.20. The third-order valence-corrected chi connectivity index (χ3v) is 4.69. The highest BCUT2D eigenvalue weighted by Crippen LogP contribution is 2.29. The molecule has 0 spiro atoms. The number of halogens is 5. The van der Waals surface area contributed by atoms with E-state index in [1.165, 1.54) is 24.4 Å². The number of benzene rings is 3. The summed E-state index contributed by atoms with van der Waals surface area (Å²) >= 11 is 3.36. The van der Waals surface area contributed by atoms with Gasteiger partial charge in [0.2, 0.25) is 0 Å². The van der Waals surface area contributed by atoms with E-state index in [-0.39, 0.29) is 18.0 Å². The van der Waals surface area contributed by atoms with Gasteiger partial charge < -0.3 is 4.74 Å². The normalized spacial score (nSPS) is 11.5. The molecule has 3 rings (SSSR count). The first-order valence-electron chi connectivity index (χ1n) is 8.90. The fraction of sp³-hybridized carbons (Fsp3) is 0.0909. The molecule has 0 bridgehead atoms. The predicted molar refractivity (Wildman–Crippen MR) is 111 cm³/mol. The molecule has 3 aromatic carbocycles. The number of carbonyl (C=O) groups is 1. The Bertz CT molecular complexity index is 1120. The quantitative estimate of drug-likeness (QED) is 0.261. The Morgan fingerprint density at radius 3 is 2.55 bits per heavy atom. The Balaban J connectivity index is 1.60. The van der Waals surface area contributed by atoms with E-state index < -0.39 is 17.6 Å². The zero-order valence-electron chi connectivity index (χ0n) is 15.8. The molecule has 31 heavy (non-hydrogen) atoms. The van der Waals surface area contributed by atoms with Crippen LogP contribution in [0.15, 0.2) is 76.3 Å². The largest absolute Gasteiger partial charge is 0.488 e. The molecule has 3 aromatic rings. The smallest absolute Gasteiger partial charge is 0.416 e. The molecule has 1 amide bonds. The lowest BCUT2D eigenvalue weighted by Crippen LogP contribution is -2.18. The maximum Gasteiger partial charge on any atom is 0.416 e. The van der Waals surface area contributed by atoms with Crippen LogP contribution in [0.5, 0.6) is 5.75 Å². The maximum atomic E-state index is 13.2. The van der Waals surface area contributed by atoms with Crippen LogP contribution in [0.1, 0.15) is 27.0 Å². The summed E-state index contributed by atoms with van der Waals surface area (Å²) in [7, 11) is 0. The van der Waals surface area contributed by atoms with E-state index in [1.807, 2.05) is 0 Å². The van der Waals surface area contributed by atoms with Gasteiger partial charge in [0.1, 0.15) is 18.2 Å². The van der Waals surface area contributed by atoms with Crippen LogP contribution in [0.25, 0.3) is 0 Å². The van der Waals surface area contributed by atoms with Gasteiger partial charge in [-0.05, 0) is 75.6 Å². The summed E-state index contributed by atoms with van der Waals surface area (Å²) < 4.78 is 57.7. The van der Waals surface area contributed by atoms with Crippen LogP contribution >= 0.6 is 15.9 Å². The molecule has 0 unspecified atom stereocenters. The summed E-state index contributed by atoms with van der Waals surface area (Å²) in [6.07, 6.45) is -3.20. The lowest BCUT2D eigenvalue weighted by Gasteiger charge is -2.09. The Labute approximate surface area is 183 Å². The number of amides is 1. The standard InChI is InChI=1S/C22H15BrF4N2O2/c23-19-10-14(7-8-20(19)31-13-15-3-1-6-18(24)9-15)12-28-29-21(30)16-4-2-5-17(11-16)22(25,26)27/h1-12H,13H2,(H,29,30)/b28-12-. The van der Waals surface area contributed by atoms with Crippen molar-refractivity contribution in [3.63, 3.8) is 0 Å². The Morgan fingerprint density at radius 1 is 1.06 bits per heavy atom. The summed E-state index contributed by atoms with van der Waals surface area (Å²) in [5.74, 6) is -0.593. The predicted octanol–water partition coefficient (Wildman–Crippen LogP) is 5.95. The van der Waals surface area contributed by atoms with E-state index in [4.69, 9.17) is 4.74 Å². The van der Waals surface area contributed by atoms with Gasteiger partial charge in [0, 0.05) is 5.56 Å². The molecule has 0 atom stereocenters. The molecule has 0 saturated heterocycles. The second-order valence-electron chi connectivity index (χ2n) is 6.39. The van der Waals surface area contributed by atoms with Crippen molar-refractivity contribution in [1.29, 1.82) is 0 Å². The van der Waals surface area contributed by atoms with E-state index in [2.05, 4.69) is 26.5 Å². The minimum atomic E-state index is -4.54. The van der Waals surface area contributed by atoms with Gasteiger partial charge in [0.05, 0.1) is 16.3 Å². The van der Waals surface area contributed by atoms with Crippen molar-refractivity contribution in [2.24, 2.45) is 5.10 Å². The van der Waals surface area contributed by atoms with E-state index in [0.717, 1.165) is 18.2 Å². The third kappa shape index (κ3) is 6.39. The maximum absolute atomic E-state index is 13.2. The molecule has 4 nitrogen and oxygen atoms in total. The first kappa shape index (κ1) is 22.5. The number of nitrogens with one attached hydrogen (secondary N) is 1. The summed E-state index contributed by atoms with van der Waals surface area (Å²) in [6, 6.07) is 15.1. The van der Waals surface area contributed by atoms with Crippen LogP contribution in [-0.2, 0) is 12.8 Å². The molecular formula is C22H15BrF4N2O2. The molecular weight excluding hydrogens is 480 g/mol. The molecule has 0 heterocycles. The molecule has 0 aliphatic rings. The van der Waals surface area contributed by atoms with Crippen molar-refractivity contribution in [2.75, 3.05) is 0 Å². The third-order valence-electron chi connectivity index (χ3n) is 4.07. The monoisotopic (exact) mass is 494 g/mol. The number of hydrogen-bond acceptors (Lipinski definition) is 3. The molecule has 1 N–H and O–H groups in total. The highest BCUT2D eigenvalue weighted by molar-refractivity contribution is 9.10. The molecule has 0 aliphatic carbocycles. The van der Waals surface area contributed by atoms with Crippen LogP contribution in [0.4, 0.5) is 17.6 Å². The van der Waals surface area contributed by atoms with Crippen LogP contribution in [0, 0.1) is 5.82 Å². The number of rotatable bonds is 6. The van der Waals surface area contributed by atoms with Gasteiger partial charge in [-0.25, -0.2) is 9.82 Å². The number of nitrogens with zero attached hydrogens (tertiary/aromatic N) is 1. The van der Waals surface area contributed by atoms with Crippen LogP contribution in [0.2, 0.25) is 0 Å². The average molecular weight is 495 g/mol. The van der Waals surface area contributed by atoms with Crippen LogP contribution in [0.3, 0.4) is 0 Å². The van der Waals surface area contributed by atoms with Gasteiger partial charge in [-0.15, -0.1) is 0 Å². The van der Waals surface area contributed by atoms with E-state index >= 15 is 0 Å². The van der Waals surface area contributed by atoms with Crippen molar-refractivity contribution in [2.45, 2.75) is 12.8 Å². The fourth-order valence-corrected chi connectivity index (χ4v) is 3.08. The van der Waals surface area contributed by atoms with Crippen molar-refractivity contribution >= 4 is 28.1 Å². The lowest BCUT2D eigenvalue weighted by atomic mass is 10.1. The Morgan fingerprint density at radius 2 is 1.84 bits per heavy atom. The van der Waals surface area contributed by atoms with Crippen molar-refractivity contribution in [1.82, 2.24) is 5.43 Å². The molecule has 0 saturated carbocycles. The van der Waals surface area contributed by atoms with Gasteiger partial charge in [-0.1, -0.05) is 18.2 Å². The summed E-state index contributed by atoms with van der Waals surface area (Å²) in [6.45, 7) is 0.177. The van der Waals surface area contributed by atoms with E-state index in [0.29, 0.717) is 21.3 Å². The molecule has 0 fully saturated rings. The Kier molecular flexibility index (Phi) is 7.06. The lowest BCUT2D eigenvalue weighted by molar-refractivity contribution is -0.137. The molecule has 9 heteroatoms. The van der Waals surface area contributed by atoms with Crippen LogP contribution < -0.4 is 10.2 Å². The van der Waals surface area contributed by atoms with E-state index in [1.54, 1.807) is 30.3 Å².